The lowest BCUT2D eigenvalue weighted by Crippen LogP contribution is -2.34. The molecule has 3 rings (SSSR count). The maximum Gasteiger partial charge on any atom is 0.259 e. The number of benzene rings is 2. The predicted octanol–water partition coefficient (Wildman–Crippen LogP) is 2.85. The third kappa shape index (κ3) is 4.71. The molecule has 138 valence electrons. The second-order valence-corrected chi connectivity index (χ2v) is 7.02. The standard InChI is InChI=1S/C20H20N4O2S/c1-24(2)16-9-7-14(8-10-16)20(26)21-12-19(25)23-22-11-15-13-27-18-6-4-3-5-17(15)18/h3-11,13H,12H2,1-2H3,(H,21,26)(H,23,25). The number of thiophene rings is 1. The van der Waals surface area contributed by atoms with Crippen molar-refractivity contribution in [2.75, 3.05) is 25.5 Å². The van der Waals surface area contributed by atoms with Gasteiger partial charge in [-0.15, -0.1) is 11.3 Å². The van der Waals surface area contributed by atoms with Crippen molar-refractivity contribution in [1.29, 1.82) is 0 Å². The lowest BCUT2D eigenvalue weighted by Gasteiger charge is -2.12. The number of amides is 2. The summed E-state index contributed by atoms with van der Waals surface area (Å²) < 4.78 is 1.16. The Labute approximate surface area is 161 Å². The van der Waals surface area contributed by atoms with Crippen LogP contribution in [0.1, 0.15) is 15.9 Å². The highest BCUT2D eigenvalue weighted by Crippen LogP contribution is 2.24. The number of carbonyl (C=O) groups excluding carboxylic acids is 2. The molecule has 1 aromatic heterocycles. The van der Waals surface area contributed by atoms with E-state index in [1.807, 2.05) is 60.8 Å². The second kappa shape index (κ2) is 8.46. The number of rotatable bonds is 6. The molecule has 0 spiro atoms. The Morgan fingerprint density at radius 1 is 1.11 bits per heavy atom. The largest absolute Gasteiger partial charge is 0.378 e. The predicted molar refractivity (Wildman–Crippen MR) is 111 cm³/mol. The quantitative estimate of drug-likeness (QED) is 0.510. The van der Waals surface area contributed by atoms with Crippen LogP contribution in [0.15, 0.2) is 59.0 Å². The van der Waals surface area contributed by atoms with Gasteiger partial charge in [0.05, 0.1) is 12.8 Å². The minimum absolute atomic E-state index is 0.143. The van der Waals surface area contributed by atoms with Gasteiger partial charge >= 0.3 is 0 Å². The van der Waals surface area contributed by atoms with Gasteiger partial charge in [-0.3, -0.25) is 9.59 Å². The zero-order valence-electron chi connectivity index (χ0n) is 15.1. The summed E-state index contributed by atoms with van der Waals surface area (Å²) in [6, 6.07) is 15.1. The molecule has 0 fully saturated rings. The van der Waals surface area contributed by atoms with Crippen LogP contribution in [0, 0.1) is 0 Å². The minimum atomic E-state index is -0.385. The van der Waals surface area contributed by atoms with E-state index in [0.29, 0.717) is 5.56 Å². The normalized spacial score (nSPS) is 10.9. The molecule has 0 aliphatic rings. The molecule has 7 heteroatoms. The van der Waals surface area contributed by atoms with Gasteiger partial charge < -0.3 is 10.2 Å². The van der Waals surface area contributed by atoms with E-state index in [1.165, 1.54) is 0 Å². The third-order valence-corrected chi connectivity index (χ3v) is 4.94. The summed E-state index contributed by atoms with van der Waals surface area (Å²) in [6.45, 7) is -0.143. The van der Waals surface area contributed by atoms with Crippen LogP contribution in [-0.4, -0.2) is 38.7 Å². The van der Waals surface area contributed by atoms with E-state index >= 15 is 0 Å². The van der Waals surface area contributed by atoms with Crippen LogP contribution in [-0.2, 0) is 4.79 Å². The van der Waals surface area contributed by atoms with Crippen molar-refractivity contribution in [3.8, 4) is 0 Å². The highest BCUT2D eigenvalue weighted by Gasteiger charge is 2.08. The summed E-state index contributed by atoms with van der Waals surface area (Å²) in [5, 5.41) is 9.63. The summed E-state index contributed by atoms with van der Waals surface area (Å²) in [4.78, 5) is 25.9. The van der Waals surface area contributed by atoms with Gasteiger partial charge in [0.15, 0.2) is 0 Å². The third-order valence-electron chi connectivity index (χ3n) is 3.96. The number of hydrogen-bond acceptors (Lipinski definition) is 5. The number of carbonyl (C=O) groups is 2. The van der Waals surface area contributed by atoms with E-state index < -0.39 is 0 Å². The number of hydrazone groups is 1. The van der Waals surface area contributed by atoms with E-state index in [0.717, 1.165) is 21.3 Å². The molecule has 27 heavy (non-hydrogen) atoms. The molecule has 0 saturated heterocycles. The lowest BCUT2D eigenvalue weighted by molar-refractivity contribution is -0.120. The molecule has 2 amide bonds. The summed E-state index contributed by atoms with van der Waals surface area (Å²) in [5.41, 5.74) is 4.88. The molecular weight excluding hydrogens is 360 g/mol. The fourth-order valence-corrected chi connectivity index (χ4v) is 3.40. The number of anilines is 1. The van der Waals surface area contributed by atoms with Crippen LogP contribution in [0.4, 0.5) is 5.69 Å². The Hall–Kier alpha value is -3.19. The van der Waals surface area contributed by atoms with Crippen molar-refractivity contribution >= 4 is 45.1 Å². The zero-order valence-corrected chi connectivity index (χ0v) is 15.9. The van der Waals surface area contributed by atoms with E-state index in [4.69, 9.17) is 0 Å². The Kier molecular flexibility index (Phi) is 5.83. The monoisotopic (exact) mass is 380 g/mol. The molecule has 0 aliphatic heterocycles. The first-order chi connectivity index (χ1) is 13.0. The molecule has 6 nitrogen and oxygen atoms in total. The highest BCUT2D eigenvalue weighted by molar-refractivity contribution is 7.17. The maximum atomic E-state index is 12.1. The zero-order chi connectivity index (χ0) is 19.2. The number of nitrogens with one attached hydrogen (secondary N) is 2. The van der Waals surface area contributed by atoms with Crippen LogP contribution < -0.4 is 15.6 Å². The molecule has 2 N–H and O–H groups in total. The van der Waals surface area contributed by atoms with Gasteiger partial charge in [-0.25, -0.2) is 5.43 Å². The fourth-order valence-electron chi connectivity index (χ4n) is 2.49. The van der Waals surface area contributed by atoms with Gasteiger partial charge in [-0.05, 0) is 30.3 Å². The summed E-state index contributed by atoms with van der Waals surface area (Å²) >= 11 is 1.62. The lowest BCUT2D eigenvalue weighted by atomic mass is 10.2. The average Bonchev–Trinajstić information content (AvgIpc) is 3.09. The molecule has 0 aliphatic carbocycles. The molecule has 0 unspecified atom stereocenters. The first-order valence-corrected chi connectivity index (χ1v) is 9.26. The summed E-state index contributed by atoms with van der Waals surface area (Å²) in [7, 11) is 3.86. The first-order valence-electron chi connectivity index (χ1n) is 8.38. The molecule has 3 aromatic rings. The maximum absolute atomic E-state index is 12.1. The van der Waals surface area contributed by atoms with Crippen molar-refractivity contribution in [3.05, 3.63) is 65.0 Å². The van der Waals surface area contributed by atoms with Gasteiger partial charge in [0, 0.05) is 46.4 Å². The average molecular weight is 380 g/mol. The van der Waals surface area contributed by atoms with E-state index in [1.54, 1.807) is 29.7 Å². The Balaban J connectivity index is 1.50. The van der Waals surface area contributed by atoms with Crippen LogP contribution in [0.25, 0.3) is 10.1 Å². The van der Waals surface area contributed by atoms with Crippen molar-refractivity contribution < 1.29 is 9.59 Å². The molecule has 1 heterocycles. The molecule has 0 radical (unpaired) electrons. The summed E-state index contributed by atoms with van der Waals surface area (Å²) in [6.07, 6.45) is 1.61. The van der Waals surface area contributed by atoms with Crippen LogP contribution in [0.3, 0.4) is 0 Å². The SMILES string of the molecule is CN(C)c1ccc(C(=O)NCC(=O)NN=Cc2csc3ccccc23)cc1. The van der Waals surface area contributed by atoms with Gasteiger partial charge in [-0.2, -0.15) is 5.10 Å². The van der Waals surface area contributed by atoms with Crippen molar-refractivity contribution in [1.82, 2.24) is 10.7 Å². The number of hydrogen-bond donors (Lipinski definition) is 2. The van der Waals surface area contributed by atoms with Crippen LogP contribution in [0.5, 0.6) is 0 Å². The molecule has 0 atom stereocenters. The van der Waals surface area contributed by atoms with Crippen LogP contribution in [0.2, 0.25) is 0 Å². The Bertz CT molecular complexity index is 977. The molecule has 2 aromatic carbocycles. The second-order valence-electron chi connectivity index (χ2n) is 6.10. The smallest absolute Gasteiger partial charge is 0.259 e. The number of nitrogens with zero attached hydrogens (tertiary/aromatic N) is 2. The van der Waals surface area contributed by atoms with Gasteiger partial charge in [0.2, 0.25) is 0 Å². The van der Waals surface area contributed by atoms with Crippen molar-refractivity contribution in [2.24, 2.45) is 5.10 Å². The fraction of sp³-hybridized carbons (Fsp3) is 0.150. The Morgan fingerprint density at radius 3 is 2.59 bits per heavy atom. The van der Waals surface area contributed by atoms with Crippen LogP contribution >= 0.6 is 11.3 Å². The number of fused-ring (bicyclic) bond motifs is 1. The molecule has 0 saturated carbocycles. The Morgan fingerprint density at radius 2 is 1.85 bits per heavy atom. The topological polar surface area (TPSA) is 73.8 Å². The van der Waals surface area contributed by atoms with Crippen molar-refractivity contribution in [3.63, 3.8) is 0 Å². The molecular formula is C20H20N4O2S. The van der Waals surface area contributed by atoms with E-state index in [9.17, 15) is 9.59 Å². The first kappa shape index (κ1) is 18.6. The minimum Gasteiger partial charge on any atom is -0.378 e. The van der Waals surface area contributed by atoms with Gasteiger partial charge in [0.1, 0.15) is 0 Å². The molecule has 0 bridgehead atoms. The van der Waals surface area contributed by atoms with Crippen molar-refractivity contribution in [2.45, 2.75) is 0 Å². The van der Waals surface area contributed by atoms with Gasteiger partial charge in [0.25, 0.3) is 11.8 Å². The van der Waals surface area contributed by atoms with Gasteiger partial charge in [-0.1, -0.05) is 18.2 Å². The summed E-state index contributed by atoms with van der Waals surface area (Å²) in [5.74, 6) is -0.688. The van der Waals surface area contributed by atoms with E-state index in [2.05, 4.69) is 15.8 Å². The highest BCUT2D eigenvalue weighted by atomic mass is 32.1. The van der Waals surface area contributed by atoms with E-state index in [-0.39, 0.29) is 18.4 Å².